The zero-order valence-electron chi connectivity index (χ0n) is 14.8. The van der Waals surface area contributed by atoms with Gasteiger partial charge in [0, 0.05) is 26.2 Å². The predicted molar refractivity (Wildman–Crippen MR) is 96.9 cm³/mol. The number of nitrogens with one attached hydrogen (secondary N) is 2. The number of rotatable bonds is 3. The summed E-state index contributed by atoms with van der Waals surface area (Å²) < 4.78 is 53.7. The van der Waals surface area contributed by atoms with Crippen LogP contribution >= 0.6 is 7.60 Å². The smallest absolute Gasteiger partial charge is 0.368 e. The first-order valence-electron chi connectivity index (χ1n) is 8.56. The molecule has 156 valence electrons. The van der Waals surface area contributed by atoms with Gasteiger partial charge in [0.05, 0.1) is 22.3 Å². The second kappa shape index (κ2) is 6.80. The summed E-state index contributed by atoms with van der Waals surface area (Å²) in [6, 6.07) is 2.08. The molecular weight excluding hydrogens is 416 g/mol. The Hall–Kier alpha value is -2.47. The molecule has 4 rings (SSSR count). The number of H-pyrrole nitrogens is 1. The Labute approximate surface area is 160 Å². The minimum Gasteiger partial charge on any atom is -0.368 e. The van der Waals surface area contributed by atoms with Crippen LogP contribution in [0.5, 0.6) is 0 Å². The first-order valence-corrected chi connectivity index (χ1v) is 10.4. The summed E-state index contributed by atoms with van der Waals surface area (Å²) >= 11 is 0. The molecule has 0 aliphatic carbocycles. The Bertz CT molecular complexity index is 1190. The molecule has 1 aliphatic rings. The van der Waals surface area contributed by atoms with Crippen LogP contribution in [-0.4, -0.2) is 55.5 Å². The molecule has 0 bridgehead atoms. The van der Waals surface area contributed by atoms with Crippen LogP contribution in [0.15, 0.2) is 16.9 Å². The monoisotopic (exact) mass is 432 g/mol. The standard InChI is InChI=1S/C15H16F3N6O4P/c16-15(17,18)8-5-9-11(6-10(8)23-3-1-19-2-4-23)24-12(7-29(26,27)28)21-22-13(24)14(25)20-9/h5-6,19H,1-4,7H2,(H,20,25)(H2,26,27,28). The molecule has 14 heteroatoms. The van der Waals surface area contributed by atoms with Crippen molar-refractivity contribution in [1.82, 2.24) is 24.9 Å². The Kier molecular flexibility index (Phi) is 4.65. The summed E-state index contributed by atoms with van der Waals surface area (Å²) in [6.45, 7) is 1.70. The molecule has 2 aromatic heterocycles. The van der Waals surface area contributed by atoms with Gasteiger partial charge >= 0.3 is 13.8 Å². The van der Waals surface area contributed by atoms with Gasteiger partial charge in [0.2, 0.25) is 5.65 Å². The number of fused-ring (bicyclic) bond motifs is 3. The van der Waals surface area contributed by atoms with Gasteiger partial charge in [-0.15, -0.1) is 10.2 Å². The molecular formula is C15H16F3N6O4P. The van der Waals surface area contributed by atoms with Gasteiger partial charge in [0.25, 0.3) is 5.56 Å². The lowest BCUT2D eigenvalue weighted by atomic mass is 10.1. The molecule has 1 saturated heterocycles. The number of hydrogen-bond acceptors (Lipinski definition) is 6. The van der Waals surface area contributed by atoms with Crippen molar-refractivity contribution in [3.8, 4) is 0 Å². The highest BCUT2D eigenvalue weighted by molar-refractivity contribution is 7.50. The molecule has 29 heavy (non-hydrogen) atoms. The van der Waals surface area contributed by atoms with E-state index < -0.39 is 31.1 Å². The third kappa shape index (κ3) is 3.73. The van der Waals surface area contributed by atoms with Crippen molar-refractivity contribution in [2.45, 2.75) is 12.3 Å². The van der Waals surface area contributed by atoms with Crippen molar-refractivity contribution in [2.24, 2.45) is 0 Å². The number of aromatic nitrogens is 4. The minimum absolute atomic E-state index is 0.0873. The normalized spacial score (nSPS) is 16.1. The molecule has 0 saturated carbocycles. The van der Waals surface area contributed by atoms with E-state index in [4.69, 9.17) is 0 Å². The van der Waals surface area contributed by atoms with Crippen LogP contribution in [0.2, 0.25) is 0 Å². The Balaban J connectivity index is 2.04. The average Bonchev–Trinajstić information content (AvgIpc) is 3.04. The van der Waals surface area contributed by atoms with E-state index in [0.717, 1.165) is 10.5 Å². The van der Waals surface area contributed by atoms with Crippen LogP contribution in [0, 0.1) is 0 Å². The fraction of sp³-hybridized carbons (Fsp3) is 0.400. The van der Waals surface area contributed by atoms with Crippen molar-refractivity contribution in [2.75, 3.05) is 31.1 Å². The second-order valence-corrected chi connectivity index (χ2v) is 8.32. The highest BCUT2D eigenvalue weighted by Crippen LogP contribution is 2.41. The summed E-state index contributed by atoms with van der Waals surface area (Å²) in [5.41, 5.74) is -2.09. The maximum atomic E-state index is 13.7. The number of alkyl halides is 3. The van der Waals surface area contributed by atoms with Crippen molar-refractivity contribution in [3.05, 3.63) is 33.9 Å². The van der Waals surface area contributed by atoms with E-state index in [1.165, 1.54) is 6.07 Å². The lowest BCUT2D eigenvalue weighted by Gasteiger charge is -2.31. The van der Waals surface area contributed by atoms with Gasteiger partial charge < -0.3 is 25.0 Å². The number of halogens is 3. The van der Waals surface area contributed by atoms with Gasteiger partial charge in [0.1, 0.15) is 12.0 Å². The molecule has 1 aromatic carbocycles. The Morgan fingerprint density at radius 3 is 2.48 bits per heavy atom. The summed E-state index contributed by atoms with van der Waals surface area (Å²) in [6.07, 6.45) is -5.47. The first-order chi connectivity index (χ1) is 13.5. The van der Waals surface area contributed by atoms with Gasteiger partial charge in [-0.05, 0) is 12.1 Å². The van der Waals surface area contributed by atoms with E-state index in [1.54, 1.807) is 4.90 Å². The third-order valence-electron chi connectivity index (χ3n) is 4.65. The topological polar surface area (TPSA) is 136 Å². The minimum atomic E-state index is -4.66. The largest absolute Gasteiger partial charge is 0.418 e. The van der Waals surface area contributed by atoms with Crippen LogP contribution in [0.1, 0.15) is 11.4 Å². The maximum Gasteiger partial charge on any atom is 0.418 e. The number of aromatic amines is 1. The van der Waals surface area contributed by atoms with E-state index in [1.807, 2.05) is 0 Å². The van der Waals surface area contributed by atoms with Gasteiger partial charge in [0.15, 0.2) is 0 Å². The average molecular weight is 432 g/mol. The van der Waals surface area contributed by atoms with Crippen LogP contribution in [0.3, 0.4) is 0 Å². The number of hydrogen-bond donors (Lipinski definition) is 4. The van der Waals surface area contributed by atoms with Gasteiger partial charge in [-0.1, -0.05) is 0 Å². The molecule has 1 aliphatic heterocycles. The molecule has 0 spiro atoms. The summed E-state index contributed by atoms with van der Waals surface area (Å²) in [5.74, 6) is -0.213. The molecule has 3 heterocycles. The highest BCUT2D eigenvalue weighted by atomic mass is 31.2. The molecule has 1 fully saturated rings. The molecule has 10 nitrogen and oxygen atoms in total. The van der Waals surface area contributed by atoms with E-state index in [9.17, 15) is 32.3 Å². The van der Waals surface area contributed by atoms with Crippen LogP contribution < -0.4 is 15.8 Å². The van der Waals surface area contributed by atoms with Crippen molar-refractivity contribution in [3.63, 3.8) is 0 Å². The number of nitrogens with zero attached hydrogens (tertiary/aromatic N) is 4. The zero-order valence-corrected chi connectivity index (χ0v) is 15.7. The SMILES string of the molecule is O=c1[nH]c2cc(C(F)(F)F)c(N3CCNCC3)cc2n2c(CP(=O)(O)O)nnc12. The quantitative estimate of drug-likeness (QED) is 0.444. The molecule has 0 amide bonds. The second-order valence-electron chi connectivity index (χ2n) is 6.67. The van der Waals surface area contributed by atoms with Crippen molar-refractivity contribution < 1.29 is 27.5 Å². The summed E-state index contributed by atoms with van der Waals surface area (Å²) in [5, 5.41) is 10.4. The number of anilines is 1. The maximum absolute atomic E-state index is 13.7. The Morgan fingerprint density at radius 1 is 1.17 bits per heavy atom. The molecule has 3 aromatic rings. The lowest BCUT2D eigenvalue weighted by molar-refractivity contribution is -0.137. The molecule has 0 atom stereocenters. The van der Waals surface area contributed by atoms with Crippen LogP contribution in [-0.2, 0) is 16.9 Å². The fourth-order valence-corrected chi connectivity index (χ4v) is 4.01. The van der Waals surface area contributed by atoms with E-state index in [-0.39, 0.29) is 28.2 Å². The Morgan fingerprint density at radius 2 is 1.86 bits per heavy atom. The lowest BCUT2D eigenvalue weighted by Crippen LogP contribution is -2.44. The summed E-state index contributed by atoms with van der Waals surface area (Å²) in [4.78, 5) is 34.7. The third-order valence-corrected chi connectivity index (χ3v) is 5.34. The van der Waals surface area contributed by atoms with E-state index in [2.05, 4.69) is 20.5 Å². The summed E-state index contributed by atoms with van der Waals surface area (Å²) in [7, 11) is -4.56. The molecule has 4 N–H and O–H groups in total. The van der Waals surface area contributed by atoms with Crippen LogP contribution in [0.25, 0.3) is 16.7 Å². The van der Waals surface area contributed by atoms with Crippen LogP contribution in [0.4, 0.5) is 18.9 Å². The zero-order chi connectivity index (χ0) is 21.0. The predicted octanol–water partition coefficient (Wildman–Crippen LogP) is 0.677. The number of piperazine rings is 1. The van der Waals surface area contributed by atoms with Gasteiger partial charge in [-0.25, -0.2) is 0 Å². The van der Waals surface area contributed by atoms with Gasteiger partial charge in [-0.2, -0.15) is 13.2 Å². The van der Waals surface area contributed by atoms with Crippen molar-refractivity contribution in [1.29, 1.82) is 0 Å². The molecule has 0 unspecified atom stereocenters. The van der Waals surface area contributed by atoms with E-state index >= 15 is 0 Å². The highest BCUT2D eigenvalue weighted by Gasteiger charge is 2.36. The van der Waals surface area contributed by atoms with Gasteiger partial charge in [-0.3, -0.25) is 13.8 Å². The molecule has 0 radical (unpaired) electrons. The number of benzene rings is 1. The fourth-order valence-electron chi connectivity index (χ4n) is 3.44. The van der Waals surface area contributed by atoms with E-state index in [0.29, 0.717) is 26.2 Å². The first kappa shape index (κ1) is 19.8. The van der Waals surface area contributed by atoms with Crippen molar-refractivity contribution >= 4 is 30.0 Å².